The van der Waals surface area contributed by atoms with Crippen LogP contribution in [-0.2, 0) is 14.6 Å². The van der Waals surface area contributed by atoms with Gasteiger partial charge in [0.25, 0.3) is 0 Å². The lowest BCUT2D eigenvalue weighted by molar-refractivity contribution is 0.530. The monoisotopic (exact) mass is 164 g/mol. The number of sulfone groups is 1. The minimum atomic E-state index is -3.02. The number of carbonyl (C=O) groups excluding carboxylic acids is 1. The molecule has 4 nitrogen and oxygen atoms in total. The minimum absolute atomic E-state index is 0.177. The van der Waals surface area contributed by atoms with Crippen molar-refractivity contribution in [1.29, 1.82) is 0 Å². The smallest absolute Gasteiger partial charge is 0.216 e. The molecule has 1 radical (unpaired) electrons. The zero-order valence-corrected chi connectivity index (χ0v) is 6.73. The fourth-order valence-electron chi connectivity index (χ4n) is 0.318. The van der Waals surface area contributed by atoms with E-state index in [4.69, 9.17) is 0 Å². The summed E-state index contributed by atoms with van der Waals surface area (Å²) in [5.74, 6) is -0.177. The average molecular weight is 164 g/mol. The summed E-state index contributed by atoms with van der Waals surface area (Å²) in [6.45, 7) is 1.54. The molecule has 59 valence electrons. The van der Waals surface area contributed by atoms with E-state index in [0.717, 1.165) is 6.26 Å². The van der Waals surface area contributed by atoms with Gasteiger partial charge in [-0.15, -0.1) is 0 Å². The van der Waals surface area contributed by atoms with Crippen molar-refractivity contribution in [1.82, 2.24) is 5.32 Å². The Morgan fingerprint density at radius 2 is 2.10 bits per heavy atom. The molecule has 0 aliphatic rings. The van der Waals surface area contributed by atoms with Gasteiger partial charge in [0.2, 0.25) is 6.29 Å². The first-order valence-corrected chi connectivity index (χ1v) is 4.80. The number of hydrogen-bond donors (Lipinski definition) is 1. The normalized spacial score (nSPS) is 14.6. The lowest BCUT2D eigenvalue weighted by Gasteiger charge is -2.02. The van der Waals surface area contributed by atoms with Gasteiger partial charge in [-0.2, -0.15) is 0 Å². The summed E-state index contributed by atoms with van der Waals surface area (Å²) in [4.78, 5) is 9.84. The molecule has 10 heavy (non-hydrogen) atoms. The van der Waals surface area contributed by atoms with Crippen molar-refractivity contribution in [3.05, 3.63) is 0 Å². The van der Waals surface area contributed by atoms with Gasteiger partial charge in [0.1, 0.15) is 0 Å². The molecule has 1 N–H and O–H groups in total. The maximum atomic E-state index is 10.5. The second-order valence-electron chi connectivity index (χ2n) is 2.11. The van der Waals surface area contributed by atoms with Gasteiger partial charge in [0.15, 0.2) is 9.84 Å². The zero-order valence-electron chi connectivity index (χ0n) is 5.92. The van der Waals surface area contributed by atoms with E-state index in [1.807, 2.05) is 0 Å². The fourth-order valence-corrected chi connectivity index (χ4v) is 0.871. The van der Waals surface area contributed by atoms with Gasteiger partial charge >= 0.3 is 0 Å². The Morgan fingerprint density at radius 3 is 2.40 bits per heavy atom. The largest absolute Gasteiger partial charge is 0.294 e. The van der Waals surface area contributed by atoms with Crippen molar-refractivity contribution in [3.63, 3.8) is 0 Å². The Hall–Kier alpha value is -0.420. The standard InChI is InChI=1S/C5H10NO3S/c1-5(3-7)6-4-10(2,8)9/h5-6H,4H2,1-2H3/t5-/m0/s1. The highest BCUT2D eigenvalue weighted by molar-refractivity contribution is 7.90. The van der Waals surface area contributed by atoms with Gasteiger partial charge in [0, 0.05) is 6.26 Å². The topological polar surface area (TPSA) is 63.2 Å². The van der Waals surface area contributed by atoms with Crippen LogP contribution in [-0.4, -0.2) is 32.9 Å². The van der Waals surface area contributed by atoms with Gasteiger partial charge < -0.3 is 0 Å². The van der Waals surface area contributed by atoms with E-state index < -0.39 is 15.9 Å². The van der Waals surface area contributed by atoms with Crippen molar-refractivity contribution in [2.75, 3.05) is 12.1 Å². The van der Waals surface area contributed by atoms with Crippen molar-refractivity contribution < 1.29 is 13.2 Å². The Morgan fingerprint density at radius 1 is 1.60 bits per heavy atom. The van der Waals surface area contributed by atoms with E-state index in [2.05, 4.69) is 5.32 Å². The van der Waals surface area contributed by atoms with Crippen LogP contribution in [0.15, 0.2) is 0 Å². The van der Waals surface area contributed by atoms with Crippen molar-refractivity contribution >= 4 is 16.1 Å². The Bertz CT molecular complexity index is 197. The lowest BCUT2D eigenvalue weighted by Crippen LogP contribution is -2.31. The molecule has 0 saturated carbocycles. The molecule has 0 fully saturated rings. The number of hydrogen-bond acceptors (Lipinski definition) is 4. The second kappa shape index (κ2) is 3.68. The molecule has 0 aromatic rings. The molecule has 0 saturated heterocycles. The highest BCUT2D eigenvalue weighted by atomic mass is 32.2. The van der Waals surface area contributed by atoms with Crippen LogP contribution in [0.2, 0.25) is 0 Å². The molecule has 0 aliphatic carbocycles. The predicted octanol–water partition coefficient (Wildman–Crippen LogP) is -0.924. The first kappa shape index (κ1) is 9.58. The van der Waals surface area contributed by atoms with Crippen LogP contribution in [0.4, 0.5) is 0 Å². The predicted molar refractivity (Wildman–Crippen MR) is 38.0 cm³/mol. The van der Waals surface area contributed by atoms with Crippen LogP contribution in [0.3, 0.4) is 0 Å². The quantitative estimate of drug-likeness (QED) is 0.583. The van der Waals surface area contributed by atoms with Crippen LogP contribution in [0.1, 0.15) is 6.92 Å². The number of nitrogens with one attached hydrogen (secondary N) is 1. The molecule has 0 aromatic heterocycles. The summed E-state index contributed by atoms with van der Waals surface area (Å²) in [6.07, 6.45) is 2.71. The third kappa shape index (κ3) is 5.71. The third-order valence-electron chi connectivity index (χ3n) is 0.828. The first-order chi connectivity index (χ1) is 4.45. The van der Waals surface area contributed by atoms with Gasteiger partial charge in [-0.25, -0.2) is 8.42 Å². The molecule has 0 heterocycles. The van der Waals surface area contributed by atoms with Crippen LogP contribution in [0.25, 0.3) is 0 Å². The van der Waals surface area contributed by atoms with Crippen LogP contribution in [0, 0.1) is 0 Å². The molecular formula is C5H10NO3S. The Balaban J connectivity index is 3.66. The lowest BCUT2D eigenvalue weighted by atomic mass is 10.4. The number of rotatable bonds is 4. The summed E-state index contributed by atoms with van der Waals surface area (Å²) in [5, 5.41) is 2.46. The molecule has 5 heteroatoms. The van der Waals surface area contributed by atoms with E-state index >= 15 is 0 Å². The van der Waals surface area contributed by atoms with Gasteiger partial charge in [0.05, 0.1) is 11.9 Å². The van der Waals surface area contributed by atoms with Gasteiger partial charge in [-0.3, -0.25) is 10.1 Å². The zero-order chi connectivity index (χ0) is 8.20. The summed E-state index contributed by atoms with van der Waals surface area (Å²) < 4.78 is 20.9. The molecule has 1 atom stereocenters. The van der Waals surface area contributed by atoms with E-state index in [0.29, 0.717) is 0 Å². The molecule has 0 rings (SSSR count). The van der Waals surface area contributed by atoms with Gasteiger partial charge in [-0.05, 0) is 6.92 Å². The molecule has 0 aliphatic heterocycles. The summed E-state index contributed by atoms with van der Waals surface area (Å²) in [6, 6.07) is -0.519. The van der Waals surface area contributed by atoms with E-state index in [1.54, 1.807) is 6.29 Å². The van der Waals surface area contributed by atoms with Gasteiger partial charge in [-0.1, -0.05) is 0 Å². The highest BCUT2D eigenvalue weighted by Gasteiger charge is 2.04. The summed E-state index contributed by atoms with van der Waals surface area (Å²) in [5.41, 5.74) is 0. The minimum Gasteiger partial charge on any atom is -0.294 e. The maximum Gasteiger partial charge on any atom is 0.216 e. The average Bonchev–Trinajstić information content (AvgIpc) is 1.81. The third-order valence-corrected chi connectivity index (χ3v) is 1.52. The first-order valence-electron chi connectivity index (χ1n) is 2.74. The van der Waals surface area contributed by atoms with Crippen LogP contribution in [0.5, 0.6) is 0 Å². The second-order valence-corrected chi connectivity index (χ2v) is 4.25. The fraction of sp³-hybridized carbons (Fsp3) is 0.800. The van der Waals surface area contributed by atoms with E-state index in [1.165, 1.54) is 6.92 Å². The molecular weight excluding hydrogens is 154 g/mol. The summed E-state index contributed by atoms with van der Waals surface area (Å²) >= 11 is 0. The molecule has 0 bridgehead atoms. The molecule has 0 amide bonds. The van der Waals surface area contributed by atoms with Crippen molar-refractivity contribution in [2.45, 2.75) is 13.0 Å². The highest BCUT2D eigenvalue weighted by Crippen LogP contribution is 1.79. The SMILES string of the molecule is C[C@@H]([C]=O)NCS(C)(=O)=O. The van der Waals surface area contributed by atoms with E-state index in [-0.39, 0.29) is 5.88 Å². The molecule has 0 aromatic carbocycles. The Labute approximate surface area is 60.5 Å². The maximum absolute atomic E-state index is 10.5. The molecule has 0 spiro atoms. The summed E-state index contributed by atoms with van der Waals surface area (Å²) in [7, 11) is -3.02. The van der Waals surface area contributed by atoms with Crippen LogP contribution >= 0.6 is 0 Å². The van der Waals surface area contributed by atoms with Crippen LogP contribution < -0.4 is 5.32 Å². The molecule has 0 unspecified atom stereocenters. The van der Waals surface area contributed by atoms with Crippen molar-refractivity contribution in [2.24, 2.45) is 0 Å². The van der Waals surface area contributed by atoms with Crippen molar-refractivity contribution in [3.8, 4) is 0 Å². The van der Waals surface area contributed by atoms with E-state index in [9.17, 15) is 13.2 Å². The Kier molecular flexibility index (Phi) is 3.52.